The molecule has 0 aliphatic carbocycles. The summed E-state index contributed by atoms with van der Waals surface area (Å²) in [5, 5.41) is 1.28. The summed E-state index contributed by atoms with van der Waals surface area (Å²) >= 11 is 1.64. The average Bonchev–Trinajstić information content (AvgIpc) is 2.49. The highest BCUT2D eigenvalue weighted by molar-refractivity contribution is 7.99. The van der Waals surface area contributed by atoms with Crippen LogP contribution in [0, 0.1) is 0 Å². The summed E-state index contributed by atoms with van der Waals surface area (Å²) in [6.07, 6.45) is 3.39. The summed E-state index contributed by atoms with van der Waals surface area (Å²) in [7, 11) is 0. The van der Waals surface area contributed by atoms with Crippen LogP contribution < -0.4 is 0 Å². The monoisotopic (exact) mass is 194 g/mol. The highest BCUT2D eigenvalue weighted by Crippen LogP contribution is 2.19. The SMILES string of the molecule is CC(C)Sc1ncc2[nH]cnc2n1. The zero-order valence-electron chi connectivity index (χ0n) is 7.48. The number of hydrogen-bond acceptors (Lipinski definition) is 4. The van der Waals surface area contributed by atoms with Crippen molar-refractivity contribution < 1.29 is 0 Å². The minimum Gasteiger partial charge on any atom is -0.342 e. The van der Waals surface area contributed by atoms with Crippen molar-refractivity contribution in [3.8, 4) is 0 Å². The van der Waals surface area contributed by atoms with Gasteiger partial charge in [0.05, 0.1) is 12.5 Å². The third kappa shape index (κ3) is 1.80. The van der Waals surface area contributed by atoms with Gasteiger partial charge in [-0.1, -0.05) is 25.6 Å². The Bertz CT molecular complexity index is 409. The van der Waals surface area contributed by atoms with Crippen molar-refractivity contribution in [2.45, 2.75) is 24.3 Å². The van der Waals surface area contributed by atoms with Gasteiger partial charge in [0.25, 0.3) is 0 Å². The molecule has 13 heavy (non-hydrogen) atoms. The molecule has 4 nitrogen and oxygen atoms in total. The van der Waals surface area contributed by atoms with Crippen molar-refractivity contribution in [1.82, 2.24) is 19.9 Å². The van der Waals surface area contributed by atoms with Crippen LogP contribution in [0.1, 0.15) is 13.8 Å². The Hall–Kier alpha value is -1.10. The molecule has 1 N–H and O–H groups in total. The maximum Gasteiger partial charge on any atom is 0.189 e. The van der Waals surface area contributed by atoms with Gasteiger partial charge >= 0.3 is 0 Å². The fourth-order valence-electron chi connectivity index (χ4n) is 0.988. The van der Waals surface area contributed by atoms with Crippen molar-refractivity contribution in [3.63, 3.8) is 0 Å². The van der Waals surface area contributed by atoms with Crippen LogP contribution in [0.15, 0.2) is 17.7 Å². The van der Waals surface area contributed by atoms with Gasteiger partial charge in [-0.2, -0.15) is 0 Å². The van der Waals surface area contributed by atoms with Gasteiger partial charge in [0.15, 0.2) is 10.8 Å². The standard InChI is InChI=1S/C8H10N4S/c1-5(2)13-8-9-3-6-7(12-8)11-4-10-6/h3-5H,1-2H3,(H,9,10,11,12). The van der Waals surface area contributed by atoms with Gasteiger partial charge in [0.1, 0.15) is 5.52 Å². The van der Waals surface area contributed by atoms with Crippen LogP contribution in [0.4, 0.5) is 0 Å². The molecule has 2 aromatic rings. The lowest BCUT2D eigenvalue weighted by Gasteiger charge is -2.01. The highest BCUT2D eigenvalue weighted by atomic mass is 32.2. The van der Waals surface area contributed by atoms with Crippen LogP contribution >= 0.6 is 11.8 Å². The number of thioether (sulfide) groups is 1. The van der Waals surface area contributed by atoms with Crippen molar-refractivity contribution in [2.24, 2.45) is 0 Å². The first-order chi connectivity index (χ1) is 6.25. The van der Waals surface area contributed by atoms with Crippen molar-refractivity contribution in [3.05, 3.63) is 12.5 Å². The molecule has 0 aliphatic heterocycles. The summed E-state index contributed by atoms with van der Waals surface area (Å²) < 4.78 is 0. The zero-order valence-corrected chi connectivity index (χ0v) is 8.30. The van der Waals surface area contributed by atoms with E-state index in [1.165, 1.54) is 0 Å². The normalized spacial score (nSPS) is 11.3. The third-order valence-corrected chi connectivity index (χ3v) is 2.37. The second-order valence-electron chi connectivity index (χ2n) is 2.96. The van der Waals surface area contributed by atoms with Gasteiger partial charge in [-0.3, -0.25) is 0 Å². The topological polar surface area (TPSA) is 54.5 Å². The minimum absolute atomic E-state index is 0.497. The van der Waals surface area contributed by atoms with Crippen LogP contribution in [0.3, 0.4) is 0 Å². The molecule has 2 aromatic heterocycles. The van der Waals surface area contributed by atoms with E-state index in [4.69, 9.17) is 0 Å². The first-order valence-corrected chi connectivity index (χ1v) is 4.96. The molecule has 0 aliphatic rings. The van der Waals surface area contributed by atoms with Crippen LogP contribution in [-0.2, 0) is 0 Å². The number of hydrogen-bond donors (Lipinski definition) is 1. The molecule has 0 saturated carbocycles. The molecule has 5 heteroatoms. The Kier molecular flexibility index (Phi) is 2.18. The minimum atomic E-state index is 0.497. The largest absolute Gasteiger partial charge is 0.342 e. The zero-order chi connectivity index (χ0) is 9.26. The summed E-state index contributed by atoms with van der Waals surface area (Å²) in [5.41, 5.74) is 1.62. The Labute approximate surface area is 80.2 Å². The Morgan fingerprint density at radius 2 is 2.23 bits per heavy atom. The number of nitrogens with zero attached hydrogens (tertiary/aromatic N) is 3. The molecule has 0 aromatic carbocycles. The molecule has 0 fully saturated rings. The van der Waals surface area contributed by atoms with Crippen LogP contribution in [0.25, 0.3) is 11.2 Å². The maximum atomic E-state index is 4.28. The molecule has 2 heterocycles. The second-order valence-corrected chi connectivity index (χ2v) is 4.50. The van der Waals surface area contributed by atoms with Gasteiger partial charge in [-0.15, -0.1) is 0 Å². The van der Waals surface area contributed by atoms with E-state index >= 15 is 0 Å². The molecule has 68 valence electrons. The van der Waals surface area contributed by atoms with E-state index in [1.807, 2.05) is 0 Å². The first kappa shape index (κ1) is 8.50. The van der Waals surface area contributed by atoms with Crippen LogP contribution in [-0.4, -0.2) is 25.2 Å². The number of imidazole rings is 1. The quantitative estimate of drug-likeness (QED) is 0.585. The lowest BCUT2D eigenvalue weighted by atomic mass is 10.6. The number of fused-ring (bicyclic) bond motifs is 1. The van der Waals surface area contributed by atoms with E-state index in [0.717, 1.165) is 16.3 Å². The second kappa shape index (κ2) is 3.33. The summed E-state index contributed by atoms with van der Waals surface area (Å²) in [4.78, 5) is 15.5. The molecular formula is C8H10N4S. The summed E-state index contributed by atoms with van der Waals surface area (Å²) in [6.45, 7) is 4.23. The van der Waals surface area contributed by atoms with E-state index in [-0.39, 0.29) is 0 Å². The predicted octanol–water partition coefficient (Wildman–Crippen LogP) is 1.85. The number of nitrogens with one attached hydrogen (secondary N) is 1. The summed E-state index contributed by atoms with van der Waals surface area (Å²) in [6, 6.07) is 0. The van der Waals surface area contributed by atoms with Crippen LogP contribution in [0.2, 0.25) is 0 Å². The fourth-order valence-corrected chi connectivity index (χ4v) is 1.66. The van der Waals surface area contributed by atoms with Gasteiger partial charge in [-0.25, -0.2) is 15.0 Å². The molecule has 0 radical (unpaired) electrons. The summed E-state index contributed by atoms with van der Waals surface area (Å²) in [5.74, 6) is 0. The molecule has 0 spiro atoms. The van der Waals surface area contributed by atoms with E-state index in [1.54, 1.807) is 24.3 Å². The number of aromatic nitrogens is 4. The highest BCUT2D eigenvalue weighted by Gasteiger charge is 2.03. The molecule has 2 rings (SSSR count). The Morgan fingerprint density at radius 3 is 3.00 bits per heavy atom. The average molecular weight is 194 g/mol. The predicted molar refractivity (Wildman–Crippen MR) is 52.7 cm³/mol. The van der Waals surface area contributed by atoms with Crippen LogP contribution in [0.5, 0.6) is 0 Å². The van der Waals surface area contributed by atoms with Gasteiger partial charge in [0.2, 0.25) is 0 Å². The van der Waals surface area contributed by atoms with Crippen molar-refractivity contribution in [2.75, 3.05) is 0 Å². The molecule has 0 bridgehead atoms. The number of H-pyrrole nitrogens is 1. The molecule has 0 atom stereocenters. The molecular weight excluding hydrogens is 184 g/mol. The molecule has 0 amide bonds. The smallest absolute Gasteiger partial charge is 0.189 e. The lowest BCUT2D eigenvalue weighted by molar-refractivity contribution is 0.977. The van der Waals surface area contributed by atoms with E-state index < -0.39 is 0 Å². The maximum absolute atomic E-state index is 4.28. The van der Waals surface area contributed by atoms with Crippen molar-refractivity contribution in [1.29, 1.82) is 0 Å². The van der Waals surface area contributed by atoms with Gasteiger partial charge < -0.3 is 4.98 Å². The molecule has 0 saturated heterocycles. The lowest BCUT2D eigenvalue weighted by Crippen LogP contribution is -1.92. The van der Waals surface area contributed by atoms with Gasteiger partial charge in [-0.05, 0) is 0 Å². The van der Waals surface area contributed by atoms with E-state index in [2.05, 4.69) is 33.8 Å². The fraction of sp³-hybridized carbons (Fsp3) is 0.375. The van der Waals surface area contributed by atoms with E-state index in [9.17, 15) is 0 Å². The first-order valence-electron chi connectivity index (χ1n) is 4.08. The van der Waals surface area contributed by atoms with E-state index in [0.29, 0.717) is 5.25 Å². The number of rotatable bonds is 2. The van der Waals surface area contributed by atoms with Gasteiger partial charge in [0, 0.05) is 5.25 Å². The molecule has 0 unspecified atom stereocenters. The Morgan fingerprint density at radius 1 is 1.38 bits per heavy atom. The third-order valence-electron chi connectivity index (χ3n) is 1.49. The van der Waals surface area contributed by atoms with Crippen molar-refractivity contribution >= 4 is 22.9 Å². The Balaban J connectivity index is 2.37. The number of aromatic amines is 1.